The molecule has 1 heterocycles. The van der Waals surface area contributed by atoms with E-state index < -0.39 is 11.7 Å². The topological polar surface area (TPSA) is 42.0 Å². The zero-order valence-corrected chi connectivity index (χ0v) is 12.2. The van der Waals surface area contributed by atoms with Gasteiger partial charge >= 0.3 is 6.18 Å². The van der Waals surface area contributed by atoms with Crippen molar-refractivity contribution in [2.24, 2.45) is 0 Å². The van der Waals surface area contributed by atoms with Crippen molar-refractivity contribution >= 4 is 27.7 Å². The van der Waals surface area contributed by atoms with Crippen LogP contribution in [0, 0.1) is 0 Å². The highest BCUT2D eigenvalue weighted by molar-refractivity contribution is 9.10. The molecule has 0 bridgehead atoms. The van der Waals surface area contributed by atoms with Crippen molar-refractivity contribution in [3.8, 4) is 0 Å². The number of nitrogens with one attached hydrogen (secondary N) is 1. The number of carbonyl (C=O) groups excluding carboxylic acids is 1. The summed E-state index contributed by atoms with van der Waals surface area (Å²) < 4.78 is 38.0. The Hall–Kier alpha value is -1.89. The number of alkyl halides is 3. The Balaban J connectivity index is 1.98. The van der Waals surface area contributed by atoms with Crippen molar-refractivity contribution in [3.63, 3.8) is 0 Å². The van der Waals surface area contributed by atoms with Crippen LogP contribution in [0.15, 0.2) is 47.1 Å². The Kier molecular flexibility index (Phi) is 4.62. The van der Waals surface area contributed by atoms with Gasteiger partial charge in [0.05, 0.1) is 12.0 Å². The molecule has 1 aromatic carbocycles. The molecule has 1 N–H and O–H groups in total. The predicted octanol–water partition coefficient (Wildman–Crippen LogP) is 4.04. The van der Waals surface area contributed by atoms with Crippen molar-refractivity contribution in [3.05, 3.63) is 58.2 Å². The number of anilines is 1. The Morgan fingerprint density at radius 1 is 1.14 bits per heavy atom. The molecule has 110 valence electrons. The summed E-state index contributed by atoms with van der Waals surface area (Å²) in [6.07, 6.45) is -3.63. The van der Waals surface area contributed by atoms with Gasteiger partial charge < -0.3 is 5.32 Å². The minimum atomic E-state index is -4.44. The molecule has 0 atom stereocenters. The third-order valence-electron chi connectivity index (χ3n) is 2.64. The van der Waals surface area contributed by atoms with Gasteiger partial charge in [-0.25, -0.2) is 4.98 Å². The molecule has 0 saturated heterocycles. The lowest BCUT2D eigenvalue weighted by Gasteiger charge is -2.08. The second-order valence-electron chi connectivity index (χ2n) is 4.28. The van der Waals surface area contributed by atoms with Gasteiger partial charge in [-0.15, -0.1) is 0 Å². The summed E-state index contributed by atoms with van der Waals surface area (Å²) in [6, 6.07) is 9.18. The number of aromatic nitrogens is 1. The number of nitrogens with zero attached hydrogens (tertiary/aromatic N) is 1. The highest BCUT2D eigenvalue weighted by Gasteiger charge is 2.30. The van der Waals surface area contributed by atoms with E-state index in [9.17, 15) is 18.0 Å². The number of hydrogen-bond donors (Lipinski definition) is 1. The van der Waals surface area contributed by atoms with Crippen LogP contribution in [0.2, 0.25) is 0 Å². The lowest BCUT2D eigenvalue weighted by atomic mass is 10.1. The normalized spacial score (nSPS) is 11.2. The van der Waals surface area contributed by atoms with Crippen molar-refractivity contribution in [1.29, 1.82) is 0 Å². The standard InChI is InChI=1S/C14H10BrF3N2O/c15-11-4-1-9(2-5-11)7-13(21)20-12-6-3-10(8-19-12)14(16,17)18/h1-6,8H,7H2,(H,19,20,21). The van der Waals surface area contributed by atoms with Gasteiger partial charge in [-0.3, -0.25) is 4.79 Å². The highest BCUT2D eigenvalue weighted by atomic mass is 79.9. The number of hydrogen-bond acceptors (Lipinski definition) is 2. The molecule has 2 rings (SSSR count). The molecular formula is C14H10BrF3N2O. The van der Waals surface area contributed by atoms with Gasteiger partial charge in [0.1, 0.15) is 5.82 Å². The molecule has 0 aliphatic heterocycles. The molecule has 3 nitrogen and oxygen atoms in total. The van der Waals surface area contributed by atoms with Gasteiger partial charge in [0.15, 0.2) is 0 Å². The summed E-state index contributed by atoms with van der Waals surface area (Å²) in [4.78, 5) is 15.3. The first-order valence-corrected chi connectivity index (χ1v) is 6.71. The fourth-order valence-corrected chi connectivity index (χ4v) is 1.87. The van der Waals surface area contributed by atoms with Gasteiger partial charge in [-0.05, 0) is 29.8 Å². The average Bonchev–Trinajstić information content (AvgIpc) is 2.41. The van der Waals surface area contributed by atoms with Crippen LogP contribution >= 0.6 is 15.9 Å². The van der Waals surface area contributed by atoms with Crippen molar-refractivity contribution in [2.45, 2.75) is 12.6 Å². The summed E-state index contributed by atoms with van der Waals surface area (Å²) in [5, 5.41) is 2.45. The third kappa shape index (κ3) is 4.56. The molecule has 0 spiro atoms. The van der Waals surface area contributed by atoms with Gasteiger partial charge in [0, 0.05) is 10.7 Å². The molecule has 1 amide bonds. The largest absolute Gasteiger partial charge is 0.417 e. The highest BCUT2D eigenvalue weighted by Crippen LogP contribution is 2.28. The number of rotatable bonds is 3. The number of halogens is 4. The second kappa shape index (κ2) is 6.26. The molecule has 0 aliphatic carbocycles. The van der Waals surface area contributed by atoms with Crippen molar-refractivity contribution in [2.75, 3.05) is 5.32 Å². The first kappa shape index (κ1) is 15.5. The zero-order chi connectivity index (χ0) is 15.5. The van der Waals surface area contributed by atoms with Crippen LogP contribution in [0.4, 0.5) is 19.0 Å². The molecule has 1 aromatic heterocycles. The van der Waals surface area contributed by atoms with Crippen LogP contribution in [0.3, 0.4) is 0 Å². The summed E-state index contributed by atoms with van der Waals surface area (Å²) in [6.45, 7) is 0. The fourth-order valence-electron chi connectivity index (χ4n) is 1.61. The van der Waals surface area contributed by atoms with E-state index >= 15 is 0 Å². The first-order chi connectivity index (χ1) is 9.84. The Labute approximate surface area is 127 Å². The molecule has 0 saturated carbocycles. The van der Waals surface area contributed by atoms with E-state index in [4.69, 9.17) is 0 Å². The summed E-state index contributed by atoms with van der Waals surface area (Å²) in [7, 11) is 0. The Bertz CT molecular complexity index is 624. The van der Waals surface area contributed by atoms with Gasteiger partial charge in [-0.2, -0.15) is 13.2 Å². The number of benzene rings is 1. The molecule has 2 aromatic rings. The van der Waals surface area contributed by atoms with E-state index in [0.29, 0.717) is 6.20 Å². The lowest BCUT2D eigenvalue weighted by molar-refractivity contribution is -0.137. The maximum atomic E-state index is 12.4. The monoisotopic (exact) mass is 358 g/mol. The van der Waals surface area contributed by atoms with E-state index in [0.717, 1.165) is 22.2 Å². The van der Waals surface area contributed by atoms with Crippen LogP contribution in [0.25, 0.3) is 0 Å². The SMILES string of the molecule is O=C(Cc1ccc(Br)cc1)Nc1ccc(C(F)(F)F)cn1. The summed E-state index contributed by atoms with van der Waals surface area (Å²) in [5.41, 5.74) is -0.0592. The van der Waals surface area contributed by atoms with E-state index in [1.165, 1.54) is 0 Å². The average molecular weight is 359 g/mol. The second-order valence-corrected chi connectivity index (χ2v) is 5.20. The fraction of sp³-hybridized carbons (Fsp3) is 0.143. The molecule has 0 radical (unpaired) electrons. The van der Waals surface area contributed by atoms with E-state index in [-0.39, 0.29) is 18.1 Å². The minimum absolute atomic E-state index is 0.0881. The van der Waals surface area contributed by atoms with Gasteiger partial charge in [0.25, 0.3) is 0 Å². The minimum Gasteiger partial charge on any atom is -0.310 e. The summed E-state index contributed by atoms with van der Waals surface area (Å²) in [5.74, 6) is -0.255. The first-order valence-electron chi connectivity index (χ1n) is 5.92. The summed E-state index contributed by atoms with van der Waals surface area (Å²) >= 11 is 3.29. The zero-order valence-electron chi connectivity index (χ0n) is 10.6. The Morgan fingerprint density at radius 2 is 1.81 bits per heavy atom. The predicted molar refractivity (Wildman–Crippen MR) is 75.7 cm³/mol. The van der Waals surface area contributed by atoms with Crippen LogP contribution in [0.1, 0.15) is 11.1 Å². The van der Waals surface area contributed by atoms with E-state index in [1.807, 2.05) is 0 Å². The number of amides is 1. The molecular weight excluding hydrogens is 349 g/mol. The van der Waals surface area contributed by atoms with E-state index in [1.54, 1.807) is 24.3 Å². The quantitative estimate of drug-likeness (QED) is 0.899. The maximum Gasteiger partial charge on any atom is 0.417 e. The maximum absolute atomic E-state index is 12.4. The van der Waals surface area contributed by atoms with E-state index in [2.05, 4.69) is 26.2 Å². The van der Waals surface area contributed by atoms with Crippen LogP contribution in [-0.2, 0) is 17.4 Å². The van der Waals surface area contributed by atoms with Crippen molar-refractivity contribution in [1.82, 2.24) is 4.98 Å². The molecule has 21 heavy (non-hydrogen) atoms. The van der Waals surface area contributed by atoms with Crippen LogP contribution in [-0.4, -0.2) is 10.9 Å². The smallest absolute Gasteiger partial charge is 0.310 e. The number of pyridine rings is 1. The molecule has 0 unspecified atom stereocenters. The Morgan fingerprint density at radius 3 is 2.33 bits per heavy atom. The number of carbonyl (C=O) groups is 1. The molecule has 0 fully saturated rings. The third-order valence-corrected chi connectivity index (χ3v) is 3.16. The molecule has 7 heteroatoms. The molecule has 0 aliphatic rings. The van der Waals surface area contributed by atoms with Crippen LogP contribution in [0.5, 0.6) is 0 Å². The van der Waals surface area contributed by atoms with Crippen LogP contribution < -0.4 is 5.32 Å². The van der Waals surface area contributed by atoms with Gasteiger partial charge in [-0.1, -0.05) is 28.1 Å². The van der Waals surface area contributed by atoms with Crippen molar-refractivity contribution < 1.29 is 18.0 Å². The lowest BCUT2D eigenvalue weighted by Crippen LogP contribution is -2.15. The van der Waals surface area contributed by atoms with Gasteiger partial charge in [0.2, 0.25) is 5.91 Å².